The highest BCUT2D eigenvalue weighted by atomic mass is 31.3. The van der Waals surface area contributed by atoms with Gasteiger partial charge in [0.1, 0.15) is 0 Å². The highest BCUT2D eigenvalue weighted by Gasteiger charge is 2.31. The molecule has 0 aliphatic heterocycles. The fourth-order valence-electron chi connectivity index (χ4n) is 5.66. The first-order valence-corrected chi connectivity index (χ1v) is 22.9. The number of phosphoric acid groups is 2. The van der Waals surface area contributed by atoms with Crippen molar-refractivity contribution < 1.29 is 32.6 Å². The average Bonchev–Trinajstić information content (AvgIpc) is 3.03. The summed E-state index contributed by atoms with van der Waals surface area (Å²) >= 11 is 0. The quantitative estimate of drug-likeness (QED) is 0.0511. The maximum Gasteiger partial charge on any atom is 0.481 e. The molecule has 1 unspecified atom stereocenters. The lowest BCUT2D eigenvalue weighted by atomic mass is 10.0. The molecule has 308 valence electrons. The molecule has 0 saturated carbocycles. The van der Waals surface area contributed by atoms with Crippen molar-refractivity contribution in [3.8, 4) is 0 Å². The van der Waals surface area contributed by atoms with E-state index < -0.39 is 15.6 Å². The van der Waals surface area contributed by atoms with Crippen LogP contribution in [0.1, 0.15) is 172 Å². The van der Waals surface area contributed by atoms with Crippen LogP contribution in [0.3, 0.4) is 0 Å². The Morgan fingerprint density at radius 3 is 0.833 bits per heavy atom. The van der Waals surface area contributed by atoms with Gasteiger partial charge in [-0.15, -0.1) is 0 Å². The van der Waals surface area contributed by atoms with E-state index in [0.29, 0.717) is 0 Å². The van der Waals surface area contributed by atoms with Gasteiger partial charge < -0.3 is 14.7 Å². The Balaban J connectivity index is 4.29. The number of hydrogen-bond donors (Lipinski definition) is 3. The molecule has 0 aromatic heterocycles. The predicted molar refractivity (Wildman–Crippen MR) is 232 cm³/mol. The van der Waals surface area contributed by atoms with Gasteiger partial charge in [0, 0.05) is 0 Å². The van der Waals surface area contributed by atoms with Crippen LogP contribution in [0, 0.1) is 0 Å². The van der Waals surface area contributed by atoms with E-state index in [1.165, 1.54) is 51.0 Å². The second kappa shape index (κ2) is 30.1. The lowest BCUT2D eigenvalue weighted by Crippen LogP contribution is -1.94. The lowest BCUT2D eigenvalue weighted by molar-refractivity contribution is 0.191. The van der Waals surface area contributed by atoms with Gasteiger partial charge >= 0.3 is 15.6 Å². The molecule has 0 aromatic carbocycles. The standard InChI is InChI=1S/C45H76O7P2/c1-37(2)19-11-20-38(3)21-12-22-39(4)23-13-24-40(5)25-14-26-41(6)27-15-28-42(7)29-16-30-43(8)31-17-32-44(9)33-18-34-45(10)35-36-51-54(49,50)52-53(46,47)48/h19,21,23,25,27,29,31,33,35H,11-18,20,22,24,26,28,30,32,34,36H2,1-10H3,(H,49,50)(H2,46,47,48). The molecular weight excluding hydrogens is 714 g/mol. The van der Waals surface area contributed by atoms with Gasteiger partial charge in [0.05, 0.1) is 6.61 Å². The number of rotatable bonds is 29. The highest BCUT2D eigenvalue weighted by molar-refractivity contribution is 7.60. The van der Waals surface area contributed by atoms with E-state index in [1.807, 2.05) is 6.92 Å². The number of hydrogen-bond acceptors (Lipinski definition) is 4. The first-order chi connectivity index (χ1) is 25.3. The zero-order valence-corrected chi connectivity index (χ0v) is 37.4. The molecule has 7 nitrogen and oxygen atoms in total. The van der Waals surface area contributed by atoms with E-state index in [2.05, 4.69) is 120 Å². The first-order valence-electron chi connectivity index (χ1n) is 19.9. The van der Waals surface area contributed by atoms with Crippen molar-refractivity contribution in [3.05, 3.63) is 105 Å². The second-order valence-electron chi connectivity index (χ2n) is 15.3. The summed E-state index contributed by atoms with van der Waals surface area (Å²) in [5.74, 6) is 0. The van der Waals surface area contributed by atoms with Crippen LogP contribution in [0.2, 0.25) is 0 Å². The fraction of sp³-hybridized carbons (Fsp3) is 0.600. The van der Waals surface area contributed by atoms with Gasteiger partial charge in [-0.05, 0) is 172 Å². The summed E-state index contributed by atoms with van der Waals surface area (Å²) < 4.78 is 30.6. The van der Waals surface area contributed by atoms with Crippen LogP contribution < -0.4 is 0 Å². The van der Waals surface area contributed by atoms with Crippen molar-refractivity contribution in [1.29, 1.82) is 0 Å². The Morgan fingerprint density at radius 2 is 0.611 bits per heavy atom. The second-order valence-corrected chi connectivity index (χ2v) is 18.2. The zero-order valence-electron chi connectivity index (χ0n) is 35.6. The first kappa shape index (κ1) is 51.9. The van der Waals surface area contributed by atoms with Gasteiger partial charge in [-0.25, -0.2) is 9.13 Å². The molecule has 0 saturated heterocycles. The van der Waals surface area contributed by atoms with Crippen LogP contribution in [-0.4, -0.2) is 21.3 Å². The van der Waals surface area contributed by atoms with Crippen LogP contribution in [-0.2, 0) is 18.0 Å². The van der Waals surface area contributed by atoms with E-state index in [-0.39, 0.29) is 6.61 Å². The summed E-state index contributed by atoms with van der Waals surface area (Å²) in [7, 11) is -9.91. The Hall–Kier alpha value is -2.08. The van der Waals surface area contributed by atoms with Crippen molar-refractivity contribution in [3.63, 3.8) is 0 Å². The van der Waals surface area contributed by atoms with Crippen LogP contribution >= 0.6 is 15.6 Å². The molecule has 0 bridgehead atoms. The number of phosphoric ester groups is 1. The largest absolute Gasteiger partial charge is 0.481 e. The van der Waals surface area contributed by atoms with Crippen LogP contribution in [0.4, 0.5) is 0 Å². The van der Waals surface area contributed by atoms with Crippen LogP contribution in [0.5, 0.6) is 0 Å². The van der Waals surface area contributed by atoms with E-state index in [4.69, 9.17) is 9.79 Å². The van der Waals surface area contributed by atoms with Crippen LogP contribution in [0.25, 0.3) is 0 Å². The fourth-order valence-corrected chi connectivity index (χ4v) is 7.19. The van der Waals surface area contributed by atoms with E-state index in [9.17, 15) is 14.0 Å². The van der Waals surface area contributed by atoms with Gasteiger partial charge in [0.2, 0.25) is 0 Å². The summed E-state index contributed by atoms with van der Waals surface area (Å²) in [5.41, 5.74) is 12.6. The molecule has 0 aliphatic rings. The smallest absolute Gasteiger partial charge is 0.302 e. The Morgan fingerprint density at radius 1 is 0.389 bits per heavy atom. The molecule has 0 spiro atoms. The number of allylic oxidation sites excluding steroid dienone is 17. The third-order valence-corrected chi connectivity index (χ3v) is 11.3. The van der Waals surface area contributed by atoms with E-state index in [1.54, 1.807) is 6.08 Å². The normalized spacial score (nSPS) is 15.9. The molecule has 0 heterocycles. The molecule has 54 heavy (non-hydrogen) atoms. The lowest BCUT2D eigenvalue weighted by Gasteiger charge is -2.11. The minimum Gasteiger partial charge on any atom is -0.302 e. The van der Waals surface area contributed by atoms with Crippen molar-refractivity contribution in [1.82, 2.24) is 0 Å². The van der Waals surface area contributed by atoms with Gasteiger partial charge in [-0.3, -0.25) is 4.52 Å². The van der Waals surface area contributed by atoms with Crippen molar-refractivity contribution in [2.45, 2.75) is 172 Å². The molecule has 0 rings (SSSR count). The maximum atomic E-state index is 11.5. The summed E-state index contributed by atoms with van der Waals surface area (Å²) in [6.07, 6.45) is 37.7. The predicted octanol–water partition coefficient (Wildman–Crippen LogP) is 15.0. The molecular formula is C45H76O7P2. The molecule has 9 heteroatoms. The van der Waals surface area contributed by atoms with Gasteiger partial charge in [0.15, 0.2) is 0 Å². The molecule has 0 fully saturated rings. The van der Waals surface area contributed by atoms with E-state index >= 15 is 0 Å². The summed E-state index contributed by atoms with van der Waals surface area (Å²) in [6, 6.07) is 0. The topological polar surface area (TPSA) is 113 Å². The highest BCUT2D eigenvalue weighted by Crippen LogP contribution is 2.57. The maximum absolute atomic E-state index is 11.5. The van der Waals surface area contributed by atoms with Crippen molar-refractivity contribution in [2.24, 2.45) is 0 Å². The third kappa shape index (κ3) is 34.4. The van der Waals surface area contributed by atoms with Crippen LogP contribution in [0.15, 0.2) is 105 Å². The van der Waals surface area contributed by atoms with Crippen molar-refractivity contribution in [2.75, 3.05) is 6.61 Å². The van der Waals surface area contributed by atoms with Gasteiger partial charge in [-0.1, -0.05) is 105 Å². The zero-order chi connectivity index (χ0) is 41.0. The summed E-state index contributed by atoms with van der Waals surface area (Å²) in [6.45, 7) is 21.6. The Labute approximate surface area is 330 Å². The Kier molecular flexibility index (Phi) is 28.9. The SMILES string of the molecule is CC(C)=CCCC(C)=CCCC(C)=CCCC(C)=CCCC(C)=CCCC(C)=CCCC(C)=CCCC(C)=CCCC(C)=CCOP(=O)(O)OP(=O)(O)O. The third-order valence-electron chi connectivity index (χ3n) is 9.19. The summed E-state index contributed by atoms with van der Waals surface area (Å²) in [4.78, 5) is 26.6. The van der Waals surface area contributed by atoms with E-state index in [0.717, 1.165) is 102 Å². The molecule has 3 N–H and O–H groups in total. The molecule has 0 aliphatic carbocycles. The molecule has 0 amide bonds. The van der Waals surface area contributed by atoms with Gasteiger partial charge in [0.25, 0.3) is 0 Å². The minimum absolute atomic E-state index is 0.272. The van der Waals surface area contributed by atoms with Gasteiger partial charge in [-0.2, -0.15) is 4.31 Å². The summed E-state index contributed by atoms with van der Waals surface area (Å²) in [5, 5.41) is 0. The molecule has 1 atom stereocenters. The molecule has 0 aromatic rings. The Bertz CT molecular complexity index is 1470. The molecule has 0 radical (unpaired) electrons. The van der Waals surface area contributed by atoms with Crippen molar-refractivity contribution >= 4 is 15.6 Å². The minimum atomic E-state index is -5.11. The average molecular weight is 791 g/mol. The monoisotopic (exact) mass is 791 g/mol.